The van der Waals surface area contributed by atoms with Gasteiger partial charge in [0.25, 0.3) is 0 Å². The van der Waals surface area contributed by atoms with E-state index in [9.17, 15) is 23.1 Å². The molecule has 1 aromatic heterocycles. The zero-order valence-corrected chi connectivity index (χ0v) is 25.0. The van der Waals surface area contributed by atoms with Crippen LogP contribution >= 0.6 is 0 Å². The second kappa shape index (κ2) is 14.4. The molecule has 232 valence electrons. The number of para-hydroxylation sites is 3. The van der Waals surface area contributed by atoms with Crippen LogP contribution in [-0.2, 0) is 38.0 Å². The molecule has 1 saturated heterocycles. The van der Waals surface area contributed by atoms with E-state index in [2.05, 4.69) is 15.6 Å². The van der Waals surface area contributed by atoms with Gasteiger partial charge in [-0.25, -0.2) is 18.2 Å². The lowest BCUT2D eigenvalue weighted by Gasteiger charge is -2.29. The van der Waals surface area contributed by atoms with Crippen molar-refractivity contribution in [2.75, 3.05) is 32.1 Å². The summed E-state index contributed by atoms with van der Waals surface area (Å²) in [7, 11) is -3.81. The number of fused-ring (bicyclic) bond motifs is 1. The smallest absolute Gasteiger partial charge is 0.318 e. The second-order valence-corrected chi connectivity index (χ2v) is 12.9. The van der Waals surface area contributed by atoms with Crippen LogP contribution in [-0.4, -0.2) is 79.5 Å². The van der Waals surface area contributed by atoms with Gasteiger partial charge in [-0.2, -0.15) is 0 Å². The number of phenols is 1. The van der Waals surface area contributed by atoms with Gasteiger partial charge in [0.05, 0.1) is 24.7 Å². The van der Waals surface area contributed by atoms with Crippen molar-refractivity contribution in [3.05, 3.63) is 95.9 Å². The quantitative estimate of drug-likeness (QED) is 0.219. The summed E-state index contributed by atoms with van der Waals surface area (Å²) in [5.41, 5.74) is 2.57. The predicted octanol–water partition coefficient (Wildman–Crippen LogP) is 3.22. The summed E-state index contributed by atoms with van der Waals surface area (Å²) in [5.74, 6) is -0.952. The molecule has 0 radical (unpaired) electrons. The van der Waals surface area contributed by atoms with Gasteiger partial charge in [-0.05, 0) is 42.2 Å². The fourth-order valence-electron chi connectivity index (χ4n) is 5.13. The van der Waals surface area contributed by atoms with Crippen molar-refractivity contribution < 1.29 is 32.3 Å². The van der Waals surface area contributed by atoms with Crippen molar-refractivity contribution in [1.82, 2.24) is 20.5 Å². The molecule has 0 spiro atoms. The number of oxazole rings is 1. The Labute approximate surface area is 256 Å². The lowest BCUT2D eigenvalue weighted by Crippen LogP contribution is -2.57. The molecule has 0 bridgehead atoms. The third-order valence-electron chi connectivity index (χ3n) is 7.42. The number of aryl methyl sites for hydroxylation is 1. The number of benzene rings is 3. The third kappa shape index (κ3) is 8.57. The van der Waals surface area contributed by atoms with Crippen molar-refractivity contribution in [3.63, 3.8) is 0 Å². The number of morpholine rings is 1. The van der Waals surface area contributed by atoms with Crippen LogP contribution in [0.1, 0.15) is 23.4 Å². The maximum Gasteiger partial charge on any atom is 0.318 e. The van der Waals surface area contributed by atoms with Gasteiger partial charge >= 0.3 is 6.03 Å². The fourth-order valence-corrected chi connectivity index (χ4v) is 6.69. The number of phenolic OH excluding ortho intramolecular Hbond substituents is 1. The molecule has 1 aliphatic rings. The first-order chi connectivity index (χ1) is 21.3. The Morgan fingerprint density at radius 2 is 1.64 bits per heavy atom. The number of carbonyl (C=O) groups is 2. The number of aromatic hydroxyl groups is 1. The first-order valence-corrected chi connectivity index (χ1v) is 16.4. The summed E-state index contributed by atoms with van der Waals surface area (Å²) in [5, 5.41) is 15.9. The minimum absolute atomic E-state index is 0.141. The van der Waals surface area contributed by atoms with Gasteiger partial charge in [0.2, 0.25) is 5.91 Å². The van der Waals surface area contributed by atoms with Gasteiger partial charge < -0.3 is 29.8 Å². The molecule has 44 heavy (non-hydrogen) atoms. The molecular weight excluding hydrogens is 584 g/mol. The Kier molecular flexibility index (Phi) is 10.1. The Morgan fingerprint density at radius 3 is 2.39 bits per heavy atom. The van der Waals surface area contributed by atoms with Gasteiger partial charge in [0.1, 0.15) is 17.3 Å². The molecule has 0 aliphatic carbocycles. The van der Waals surface area contributed by atoms with Gasteiger partial charge in [0.15, 0.2) is 21.3 Å². The molecule has 12 heteroatoms. The number of ether oxygens (including phenoxy) is 1. The maximum absolute atomic E-state index is 13.8. The van der Waals surface area contributed by atoms with Gasteiger partial charge in [0, 0.05) is 25.6 Å². The highest BCUT2D eigenvalue weighted by Crippen LogP contribution is 2.21. The number of carbonyl (C=O) groups excluding carboxylic acids is 2. The Morgan fingerprint density at radius 1 is 0.932 bits per heavy atom. The highest BCUT2D eigenvalue weighted by atomic mass is 32.2. The number of nitrogens with zero attached hydrogens (tertiary/aromatic N) is 2. The number of nitrogens with one attached hydrogen (secondary N) is 2. The van der Waals surface area contributed by atoms with E-state index in [1.807, 2.05) is 24.3 Å². The van der Waals surface area contributed by atoms with E-state index < -0.39 is 39.6 Å². The first-order valence-electron chi connectivity index (χ1n) is 14.5. The molecule has 5 rings (SSSR count). The molecule has 2 atom stereocenters. The van der Waals surface area contributed by atoms with Crippen LogP contribution in [0.25, 0.3) is 11.1 Å². The topological polar surface area (TPSA) is 151 Å². The van der Waals surface area contributed by atoms with Crippen LogP contribution in [0.4, 0.5) is 4.79 Å². The van der Waals surface area contributed by atoms with Gasteiger partial charge in [-0.15, -0.1) is 0 Å². The first kappa shape index (κ1) is 31.0. The third-order valence-corrected chi connectivity index (χ3v) is 9.04. The van der Waals surface area contributed by atoms with Crippen molar-refractivity contribution in [2.24, 2.45) is 0 Å². The minimum Gasteiger partial charge on any atom is -0.508 e. The number of hydrogen-bond acceptors (Lipinski definition) is 8. The summed E-state index contributed by atoms with van der Waals surface area (Å²) < 4.78 is 37.8. The molecule has 11 nitrogen and oxygen atoms in total. The van der Waals surface area contributed by atoms with E-state index in [1.165, 1.54) is 4.90 Å². The molecule has 2 heterocycles. The van der Waals surface area contributed by atoms with E-state index >= 15 is 0 Å². The molecular formula is C32H36N4O7S. The highest BCUT2D eigenvalue weighted by Gasteiger charge is 2.31. The van der Waals surface area contributed by atoms with Gasteiger partial charge in [-0.3, -0.25) is 4.79 Å². The summed E-state index contributed by atoms with van der Waals surface area (Å²) in [4.78, 5) is 33.0. The number of rotatable bonds is 12. The number of aromatic nitrogens is 1. The summed E-state index contributed by atoms with van der Waals surface area (Å²) in [6.45, 7) is 1.38. The average Bonchev–Trinajstić information content (AvgIpc) is 3.43. The molecule has 4 aromatic rings. The van der Waals surface area contributed by atoms with Crippen molar-refractivity contribution in [3.8, 4) is 5.75 Å². The lowest BCUT2D eigenvalue weighted by atomic mass is 10.0. The van der Waals surface area contributed by atoms with Crippen LogP contribution in [0.2, 0.25) is 0 Å². The summed E-state index contributed by atoms with van der Waals surface area (Å²) in [6.07, 6.45) is 1.03. The molecule has 3 aromatic carbocycles. The van der Waals surface area contributed by atoms with Crippen LogP contribution in [0.3, 0.4) is 0 Å². The fraction of sp³-hybridized carbons (Fsp3) is 0.344. The van der Waals surface area contributed by atoms with Crippen LogP contribution in [0.15, 0.2) is 83.3 Å². The summed E-state index contributed by atoms with van der Waals surface area (Å²) in [6, 6.07) is 20.5. The van der Waals surface area contributed by atoms with E-state index in [4.69, 9.17) is 9.15 Å². The van der Waals surface area contributed by atoms with E-state index in [-0.39, 0.29) is 17.9 Å². The van der Waals surface area contributed by atoms with Crippen molar-refractivity contribution in [1.29, 1.82) is 0 Å². The van der Waals surface area contributed by atoms with Crippen molar-refractivity contribution >= 4 is 32.9 Å². The largest absolute Gasteiger partial charge is 0.508 e. The predicted molar refractivity (Wildman–Crippen MR) is 165 cm³/mol. The van der Waals surface area contributed by atoms with Crippen LogP contribution in [0.5, 0.6) is 5.75 Å². The van der Waals surface area contributed by atoms with Crippen LogP contribution < -0.4 is 10.6 Å². The Bertz CT molecular complexity index is 1640. The molecule has 1 unspecified atom stereocenters. The van der Waals surface area contributed by atoms with E-state index in [0.717, 1.165) is 0 Å². The molecule has 0 saturated carbocycles. The lowest BCUT2D eigenvalue weighted by molar-refractivity contribution is -0.123. The Hall–Kier alpha value is -4.42. The second-order valence-electron chi connectivity index (χ2n) is 10.8. The maximum atomic E-state index is 13.8. The van der Waals surface area contributed by atoms with Crippen molar-refractivity contribution in [2.45, 2.75) is 37.1 Å². The number of sulfone groups is 1. The normalized spacial score (nSPS) is 15.0. The zero-order chi connectivity index (χ0) is 30.9. The standard InChI is InChI=1S/C32H36N4O7S/c37-28-12-6-4-10-24(28)14-15-25(20-30-34-26-11-5-7-13-29(26)43-30)33-31(38)27(35-32(39)36-16-18-42-19-17-36)22-44(40,41)21-23-8-2-1-3-9-23/h1-13,25,27,37H,14-22H2,(H,33,38)(H,35,39)/t25?,27-/m0/s1. The molecule has 3 amide bonds. The van der Waals surface area contributed by atoms with Crippen LogP contribution in [0, 0.1) is 0 Å². The monoisotopic (exact) mass is 620 g/mol. The minimum atomic E-state index is -3.81. The number of urea groups is 1. The number of amides is 3. The Balaban J connectivity index is 1.36. The van der Waals surface area contributed by atoms with E-state index in [0.29, 0.717) is 67.3 Å². The molecule has 3 N–H and O–H groups in total. The average molecular weight is 621 g/mol. The zero-order valence-electron chi connectivity index (χ0n) is 24.2. The molecule has 1 fully saturated rings. The van der Waals surface area contributed by atoms with Gasteiger partial charge in [-0.1, -0.05) is 60.7 Å². The number of hydrogen-bond donors (Lipinski definition) is 3. The summed E-state index contributed by atoms with van der Waals surface area (Å²) >= 11 is 0. The highest BCUT2D eigenvalue weighted by molar-refractivity contribution is 7.90. The van der Waals surface area contributed by atoms with E-state index in [1.54, 1.807) is 54.6 Å². The SMILES string of the molecule is O=C(NC(CCc1ccccc1O)Cc1nc2ccccc2o1)[C@H](CS(=O)(=O)Cc1ccccc1)NC(=O)N1CCOCC1. The molecule has 1 aliphatic heterocycles.